The third-order valence-corrected chi connectivity index (χ3v) is 3.30. The van der Waals surface area contributed by atoms with Gasteiger partial charge in [-0.2, -0.15) is 0 Å². The molecular formula is C15H22N2O4. The summed E-state index contributed by atoms with van der Waals surface area (Å²) in [7, 11) is 1.72. The number of carboxylic acid groups (broad SMARTS) is 1. The van der Waals surface area contributed by atoms with Gasteiger partial charge in [0.05, 0.1) is 0 Å². The highest BCUT2D eigenvalue weighted by Gasteiger charge is 2.22. The van der Waals surface area contributed by atoms with Gasteiger partial charge in [0.15, 0.2) is 5.78 Å². The van der Waals surface area contributed by atoms with Crippen molar-refractivity contribution in [3.05, 3.63) is 23.5 Å². The predicted octanol–water partition coefficient (Wildman–Crippen LogP) is 1.94. The van der Waals surface area contributed by atoms with Gasteiger partial charge in [-0.3, -0.25) is 14.4 Å². The zero-order valence-electron chi connectivity index (χ0n) is 12.9. The number of rotatable bonds is 7. The molecule has 0 aliphatic heterocycles. The molecule has 0 unspecified atom stereocenters. The minimum absolute atomic E-state index is 0.0301. The molecule has 6 heteroatoms. The molecule has 116 valence electrons. The Hall–Kier alpha value is -2.11. The number of carbonyl (C=O) groups is 3. The second-order valence-corrected chi connectivity index (χ2v) is 5.37. The lowest BCUT2D eigenvalue weighted by Crippen LogP contribution is -2.38. The molecule has 0 fully saturated rings. The Morgan fingerprint density at radius 3 is 2.38 bits per heavy atom. The average Bonchev–Trinajstić information content (AvgIpc) is 2.75. The van der Waals surface area contributed by atoms with Crippen molar-refractivity contribution in [2.24, 2.45) is 7.05 Å². The first kappa shape index (κ1) is 16.9. The highest BCUT2D eigenvalue weighted by molar-refractivity contribution is 5.99. The van der Waals surface area contributed by atoms with Crippen LogP contribution in [0.15, 0.2) is 12.3 Å². The number of hydrogen-bond acceptors (Lipinski definition) is 3. The molecule has 6 nitrogen and oxygen atoms in total. The molecule has 1 aromatic rings. The van der Waals surface area contributed by atoms with Crippen molar-refractivity contribution >= 4 is 17.7 Å². The summed E-state index contributed by atoms with van der Waals surface area (Å²) >= 11 is 0. The molecule has 1 N–H and O–H groups in total. The lowest BCUT2D eigenvalue weighted by molar-refractivity contribution is -0.137. The van der Waals surface area contributed by atoms with Crippen molar-refractivity contribution < 1.29 is 19.5 Å². The van der Waals surface area contributed by atoms with Crippen LogP contribution in [0.1, 0.15) is 54.5 Å². The Labute approximate surface area is 124 Å². The summed E-state index contributed by atoms with van der Waals surface area (Å²) in [6, 6.07) is 1.54. The lowest BCUT2D eigenvalue weighted by Gasteiger charge is -2.26. The van der Waals surface area contributed by atoms with E-state index >= 15 is 0 Å². The van der Waals surface area contributed by atoms with E-state index in [9.17, 15) is 14.4 Å². The summed E-state index contributed by atoms with van der Waals surface area (Å²) in [5.74, 6) is -1.15. The minimum atomic E-state index is -0.871. The predicted molar refractivity (Wildman–Crippen MR) is 78.5 cm³/mol. The topological polar surface area (TPSA) is 79.6 Å². The van der Waals surface area contributed by atoms with E-state index < -0.39 is 5.97 Å². The monoisotopic (exact) mass is 294 g/mol. The Bertz CT molecular complexity index is 546. The van der Waals surface area contributed by atoms with Crippen molar-refractivity contribution in [2.45, 2.75) is 39.7 Å². The van der Waals surface area contributed by atoms with E-state index in [2.05, 4.69) is 0 Å². The Morgan fingerprint density at radius 1 is 1.33 bits per heavy atom. The molecule has 1 amide bonds. The normalized spacial score (nSPS) is 10.7. The van der Waals surface area contributed by atoms with Gasteiger partial charge in [-0.1, -0.05) is 0 Å². The number of nitrogens with zero attached hydrogens (tertiary/aromatic N) is 2. The standard InChI is InChI=1S/C15H22N2O4/c1-10(2)17(7-5-6-14(19)20)15(21)13-8-12(11(3)18)9-16(13)4/h8-10H,5-7H2,1-4H3,(H,19,20). The fraction of sp³-hybridized carbons (Fsp3) is 0.533. The highest BCUT2D eigenvalue weighted by atomic mass is 16.4. The van der Waals surface area contributed by atoms with Crippen LogP contribution in [0.3, 0.4) is 0 Å². The number of carboxylic acids is 1. The van der Waals surface area contributed by atoms with E-state index in [1.165, 1.54) is 6.92 Å². The Kier molecular flexibility index (Phi) is 5.69. The summed E-state index contributed by atoms with van der Waals surface area (Å²) in [6.45, 7) is 5.60. The van der Waals surface area contributed by atoms with Gasteiger partial charge in [0.2, 0.25) is 0 Å². The molecule has 0 aromatic carbocycles. The van der Waals surface area contributed by atoms with Crippen LogP contribution in [0, 0.1) is 0 Å². The molecule has 1 heterocycles. The van der Waals surface area contributed by atoms with Gasteiger partial charge in [0, 0.05) is 37.8 Å². The SMILES string of the molecule is CC(=O)c1cc(C(=O)N(CCCC(=O)O)C(C)C)n(C)c1. The van der Waals surface area contributed by atoms with Gasteiger partial charge in [-0.25, -0.2) is 0 Å². The number of aryl methyl sites for hydroxylation is 1. The molecule has 0 atom stereocenters. The number of aliphatic carboxylic acids is 1. The molecule has 21 heavy (non-hydrogen) atoms. The number of amides is 1. The van der Waals surface area contributed by atoms with Crippen LogP contribution >= 0.6 is 0 Å². The van der Waals surface area contributed by atoms with Crippen molar-refractivity contribution in [3.8, 4) is 0 Å². The van der Waals surface area contributed by atoms with Gasteiger partial charge in [-0.05, 0) is 33.3 Å². The largest absolute Gasteiger partial charge is 0.481 e. The Balaban J connectivity index is 2.90. The van der Waals surface area contributed by atoms with Gasteiger partial charge >= 0.3 is 5.97 Å². The molecule has 0 saturated carbocycles. The molecule has 0 saturated heterocycles. The fourth-order valence-corrected chi connectivity index (χ4v) is 2.11. The molecule has 0 spiro atoms. The summed E-state index contributed by atoms with van der Waals surface area (Å²) in [4.78, 5) is 36.2. The van der Waals surface area contributed by atoms with E-state index in [1.54, 1.807) is 28.8 Å². The van der Waals surface area contributed by atoms with Crippen LogP contribution in [0.25, 0.3) is 0 Å². The van der Waals surface area contributed by atoms with E-state index in [-0.39, 0.29) is 24.2 Å². The van der Waals surface area contributed by atoms with Crippen molar-refractivity contribution in [1.82, 2.24) is 9.47 Å². The van der Waals surface area contributed by atoms with E-state index in [0.717, 1.165) is 0 Å². The van der Waals surface area contributed by atoms with E-state index in [0.29, 0.717) is 24.2 Å². The summed E-state index contributed by atoms with van der Waals surface area (Å²) in [5.41, 5.74) is 0.930. The van der Waals surface area contributed by atoms with Crippen LogP contribution in [0.4, 0.5) is 0 Å². The van der Waals surface area contributed by atoms with Crippen LogP contribution in [0.5, 0.6) is 0 Å². The first-order chi connectivity index (χ1) is 9.73. The summed E-state index contributed by atoms with van der Waals surface area (Å²) < 4.78 is 1.63. The van der Waals surface area contributed by atoms with Crippen LogP contribution < -0.4 is 0 Å². The summed E-state index contributed by atoms with van der Waals surface area (Å²) in [6.07, 6.45) is 2.07. The minimum Gasteiger partial charge on any atom is -0.481 e. The first-order valence-electron chi connectivity index (χ1n) is 6.94. The molecule has 1 rings (SSSR count). The molecule has 0 aliphatic rings. The van der Waals surface area contributed by atoms with Crippen molar-refractivity contribution in [3.63, 3.8) is 0 Å². The zero-order chi connectivity index (χ0) is 16.2. The third kappa shape index (κ3) is 4.44. The van der Waals surface area contributed by atoms with Crippen LogP contribution in [-0.2, 0) is 11.8 Å². The van der Waals surface area contributed by atoms with Gasteiger partial charge in [0.1, 0.15) is 5.69 Å². The Morgan fingerprint density at radius 2 is 1.95 bits per heavy atom. The quantitative estimate of drug-likeness (QED) is 0.779. The van der Waals surface area contributed by atoms with Gasteiger partial charge < -0.3 is 14.6 Å². The summed E-state index contributed by atoms with van der Waals surface area (Å²) in [5, 5.41) is 8.68. The van der Waals surface area contributed by atoms with Crippen LogP contribution in [-0.4, -0.2) is 44.8 Å². The van der Waals surface area contributed by atoms with Gasteiger partial charge in [-0.15, -0.1) is 0 Å². The molecular weight excluding hydrogens is 272 g/mol. The van der Waals surface area contributed by atoms with Crippen LogP contribution in [0.2, 0.25) is 0 Å². The molecule has 0 bridgehead atoms. The number of aromatic nitrogens is 1. The van der Waals surface area contributed by atoms with E-state index in [4.69, 9.17) is 5.11 Å². The maximum absolute atomic E-state index is 12.6. The number of ketones is 1. The molecule has 0 aliphatic carbocycles. The third-order valence-electron chi connectivity index (χ3n) is 3.30. The maximum atomic E-state index is 12.6. The smallest absolute Gasteiger partial charge is 0.303 e. The van der Waals surface area contributed by atoms with Gasteiger partial charge in [0.25, 0.3) is 5.91 Å². The average molecular weight is 294 g/mol. The maximum Gasteiger partial charge on any atom is 0.303 e. The van der Waals surface area contributed by atoms with E-state index in [1.807, 2.05) is 13.8 Å². The molecule has 1 aromatic heterocycles. The molecule has 0 radical (unpaired) electrons. The van der Waals surface area contributed by atoms with Crippen molar-refractivity contribution in [2.75, 3.05) is 6.54 Å². The second kappa shape index (κ2) is 7.06. The number of hydrogen-bond donors (Lipinski definition) is 1. The zero-order valence-corrected chi connectivity index (χ0v) is 12.9. The van der Waals surface area contributed by atoms with Crippen molar-refractivity contribution in [1.29, 1.82) is 0 Å². The fourth-order valence-electron chi connectivity index (χ4n) is 2.11. The lowest BCUT2D eigenvalue weighted by atomic mass is 10.2. The number of carbonyl (C=O) groups excluding carboxylic acids is 2. The highest BCUT2D eigenvalue weighted by Crippen LogP contribution is 2.14. The second-order valence-electron chi connectivity index (χ2n) is 5.37. The first-order valence-corrected chi connectivity index (χ1v) is 6.94. The number of Topliss-reactive ketones (excluding diaryl/α,β-unsaturated/α-hetero) is 1.